The first-order valence-corrected chi connectivity index (χ1v) is 6.70. The van der Waals surface area contributed by atoms with E-state index in [-0.39, 0.29) is 5.33 Å². The predicted octanol–water partition coefficient (Wildman–Crippen LogP) is 4.70. The third-order valence-corrected chi connectivity index (χ3v) is 3.19. The Labute approximate surface area is 125 Å². The summed E-state index contributed by atoms with van der Waals surface area (Å²) in [5.41, 5.74) is -0.385. The second kappa shape index (κ2) is 6.13. The fourth-order valence-electron chi connectivity index (χ4n) is 1.62. The zero-order valence-corrected chi connectivity index (χ0v) is 11.9. The quantitative estimate of drug-likeness (QED) is 0.450. The number of alkyl halides is 1. The van der Waals surface area contributed by atoms with Crippen LogP contribution in [0.15, 0.2) is 30.3 Å². The molecule has 0 unspecified atom stereocenters. The summed E-state index contributed by atoms with van der Waals surface area (Å²) < 4.78 is 45.4. The Morgan fingerprint density at radius 1 is 1.14 bits per heavy atom. The van der Waals surface area contributed by atoms with Crippen LogP contribution in [0.4, 0.5) is 18.9 Å². The van der Waals surface area contributed by atoms with Gasteiger partial charge in [-0.3, -0.25) is 10.1 Å². The van der Waals surface area contributed by atoms with Gasteiger partial charge >= 0.3 is 5.69 Å². The van der Waals surface area contributed by atoms with Gasteiger partial charge in [-0.15, -0.1) is 0 Å². The molecule has 0 aliphatic heterocycles. The molecule has 110 valence electrons. The van der Waals surface area contributed by atoms with Crippen LogP contribution < -0.4 is 4.74 Å². The zero-order chi connectivity index (χ0) is 15.6. The van der Waals surface area contributed by atoms with Gasteiger partial charge in [-0.1, -0.05) is 15.9 Å². The van der Waals surface area contributed by atoms with Crippen molar-refractivity contribution in [1.82, 2.24) is 0 Å². The fraction of sp³-hybridized carbons (Fsp3) is 0.0769. The van der Waals surface area contributed by atoms with Gasteiger partial charge in [-0.05, 0) is 29.8 Å². The van der Waals surface area contributed by atoms with Crippen molar-refractivity contribution >= 4 is 21.6 Å². The van der Waals surface area contributed by atoms with Gasteiger partial charge in [0, 0.05) is 5.33 Å². The highest BCUT2D eigenvalue weighted by atomic mass is 79.9. The van der Waals surface area contributed by atoms with Crippen molar-refractivity contribution in [3.05, 3.63) is 63.5 Å². The summed E-state index contributed by atoms with van der Waals surface area (Å²) in [6.07, 6.45) is 0. The number of nitrogens with zero attached hydrogens (tertiary/aromatic N) is 1. The number of hydrogen-bond donors (Lipinski definition) is 0. The highest BCUT2D eigenvalue weighted by Crippen LogP contribution is 2.35. The molecule has 0 spiro atoms. The summed E-state index contributed by atoms with van der Waals surface area (Å²) in [5.74, 6) is -4.11. The fourth-order valence-corrected chi connectivity index (χ4v) is 1.94. The monoisotopic (exact) mass is 361 g/mol. The second-order valence-electron chi connectivity index (χ2n) is 3.99. The van der Waals surface area contributed by atoms with Gasteiger partial charge in [0.25, 0.3) is 0 Å². The SMILES string of the molecule is O=[N+]([O-])c1cc(F)ccc1Oc1c(F)cc(CBr)cc1F. The summed E-state index contributed by atoms with van der Waals surface area (Å²) in [6, 6.07) is 4.50. The molecule has 2 aromatic rings. The van der Waals surface area contributed by atoms with E-state index in [0.29, 0.717) is 11.6 Å². The van der Waals surface area contributed by atoms with E-state index in [2.05, 4.69) is 15.9 Å². The van der Waals surface area contributed by atoms with Gasteiger partial charge < -0.3 is 4.74 Å². The smallest absolute Gasteiger partial charge is 0.314 e. The average molecular weight is 362 g/mol. The van der Waals surface area contributed by atoms with Crippen molar-refractivity contribution in [1.29, 1.82) is 0 Å². The van der Waals surface area contributed by atoms with E-state index in [1.807, 2.05) is 0 Å². The molecule has 0 bridgehead atoms. The molecule has 21 heavy (non-hydrogen) atoms. The maximum absolute atomic E-state index is 13.8. The third-order valence-electron chi connectivity index (χ3n) is 2.54. The first-order valence-electron chi connectivity index (χ1n) is 5.58. The molecule has 0 aliphatic rings. The Balaban J connectivity index is 2.46. The Kier molecular flexibility index (Phi) is 4.46. The van der Waals surface area contributed by atoms with Crippen LogP contribution in [0.25, 0.3) is 0 Å². The molecule has 0 aliphatic carbocycles. The largest absolute Gasteiger partial charge is 0.444 e. The lowest BCUT2D eigenvalue weighted by Crippen LogP contribution is -1.98. The Bertz CT molecular complexity index is 686. The molecule has 4 nitrogen and oxygen atoms in total. The number of rotatable bonds is 4. The lowest BCUT2D eigenvalue weighted by atomic mass is 10.2. The number of nitro groups is 1. The molecule has 2 rings (SSSR count). The van der Waals surface area contributed by atoms with Crippen molar-refractivity contribution in [2.75, 3.05) is 0 Å². The van der Waals surface area contributed by atoms with Crippen LogP contribution in [0.1, 0.15) is 5.56 Å². The molecule has 0 aromatic heterocycles. The minimum atomic E-state index is -1.01. The maximum Gasteiger partial charge on any atom is 0.314 e. The van der Waals surface area contributed by atoms with Gasteiger partial charge in [0.1, 0.15) is 5.82 Å². The summed E-state index contributed by atoms with van der Waals surface area (Å²) in [4.78, 5) is 9.90. The molecule has 0 saturated heterocycles. The van der Waals surface area contributed by atoms with E-state index in [1.54, 1.807) is 0 Å². The zero-order valence-electron chi connectivity index (χ0n) is 10.3. The first-order chi connectivity index (χ1) is 9.92. The van der Waals surface area contributed by atoms with Crippen LogP contribution in [0.2, 0.25) is 0 Å². The van der Waals surface area contributed by atoms with Crippen LogP contribution in [-0.2, 0) is 5.33 Å². The predicted molar refractivity (Wildman–Crippen MR) is 72.1 cm³/mol. The number of halogens is 4. The van der Waals surface area contributed by atoms with E-state index < -0.39 is 39.6 Å². The van der Waals surface area contributed by atoms with Crippen LogP contribution in [-0.4, -0.2) is 4.92 Å². The molecule has 0 amide bonds. The van der Waals surface area contributed by atoms with Gasteiger partial charge in [-0.2, -0.15) is 0 Å². The third kappa shape index (κ3) is 3.33. The van der Waals surface area contributed by atoms with Gasteiger partial charge in [-0.25, -0.2) is 13.2 Å². The van der Waals surface area contributed by atoms with Crippen molar-refractivity contribution in [3.8, 4) is 11.5 Å². The van der Waals surface area contributed by atoms with Crippen LogP contribution in [0.5, 0.6) is 11.5 Å². The molecule has 0 heterocycles. The van der Waals surface area contributed by atoms with Crippen LogP contribution in [0.3, 0.4) is 0 Å². The van der Waals surface area contributed by atoms with Crippen molar-refractivity contribution in [3.63, 3.8) is 0 Å². The maximum atomic E-state index is 13.8. The molecular weight excluding hydrogens is 355 g/mol. The van der Waals surface area contributed by atoms with Crippen LogP contribution >= 0.6 is 15.9 Å². The molecule has 2 aromatic carbocycles. The van der Waals surface area contributed by atoms with E-state index in [4.69, 9.17) is 4.74 Å². The van der Waals surface area contributed by atoms with Crippen LogP contribution in [0, 0.1) is 27.6 Å². The van der Waals surface area contributed by atoms with E-state index >= 15 is 0 Å². The molecule has 0 radical (unpaired) electrons. The van der Waals surface area contributed by atoms with Crippen molar-refractivity contribution < 1.29 is 22.8 Å². The molecule has 0 saturated carbocycles. The minimum Gasteiger partial charge on any atom is -0.444 e. The van der Waals surface area contributed by atoms with E-state index in [1.165, 1.54) is 0 Å². The number of hydrogen-bond acceptors (Lipinski definition) is 3. The van der Waals surface area contributed by atoms with Gasteiger partial charge in [0.2, 0.25) is 5.75 Å². The summed E-state index contributed by atoms with van der Waals surface area (Å²) in [5, 5.41) is 11.0. The topological polar surface area (TPSA) is 52.4 Å². The summed E-state index contributed by atoms with van der Waals surface area (Å²) in [7, 11) is 0. The summed E-state index contributed by atoms with van der Waals surface area (Å²) >= 11 is 3.05. The van der Waals surface area contributed by atoms with Crippen molar-refractivity contribution in [2.24, 2.45) is 0 Å². The Hall–Kier alpha value is -2.09. The van der Waals surface area contributed by atoms with Gasteiger partial charge in [0.05, 0.1) is 11.0 Å². The molecule has 0 atom stereocenters. The number of benzene rings is 2. The molecule has 8 heteroatoms. The molecular formula is C13H7BrF3NO3. The highest BCUT2D eigenvalue weighted by Gasteiger charge is 2.21. The Morgan fingerprint density at radius 3 is 2.29 bits per heavy atom. The lowest BCUT2D eigenvalue weighted by Gasteiger charge is -2.09. The lowest BCUT2D eigenvalue weighted by molar-refractivity contribution is -0.385. The second-order valence-corrected chi connectivity index (χ2v) is 4.55. The normalized spacial score (nSPS) is 10.5. The molecule has 0 N–H and O–H groups in total. The standard InChI is InChI=1S/C13H7BrF3NO3/c14-6-7-3-9(16)13(10(17)4-7)21-12-2-1-8(15)5-11(12)18(19)20/h1-5H,6H2. The first kappa shape index (κ1) is 15.3. The van der Waals surface area contributed by atoms with E-state index in [0.717, 1.165) is 24.3 Å². The highest BCUT2D eigenvalue weighted by molar-refractivity contribution is 9.08. The Morgan fingerprint density at radius 2 is 1.76 bits per heavy atom. The van der Waals surface area contributed by atoms with Gasteiger partial charge in [0.15, 0.2) is 17.4 Å². The number of nitro benzene ring substituents is 1. The molecule has 0 fully saturated rings. The minimum absolute atomic E-state index is 0.234. The summed E-state index contributed by atoms with van der Waals surface area (Å²) in [6.45, 7) is 0. The average Bonchev–Trinajstić information content (AvgIpc) is 2.43. The number of ether oxygens (including phenoxy) is 1. The van der Waals surface area contributed by atoms with E-state index in [9.17, 15) is 23.3 Å². The van der Waals surface area contributed by atoms with Crippen molar-refractivity contribution in [2.45, 2.75) is 5.33 Å².